The van der Waals surface area contributed by atoms with Crippen molar-refractivity contribution in [3.05, 3.63) is 77.0 Å². The zero-order chi connectivity index (χ0) is 27.0. The standard InChI is InChI=1S/C28H28N4O6/c1-17(16-33)12-29-9-10-38-20-7-8-23-21(11-20)25-22-14-31(28(37)30(2)26(22)34)15-24(25)32(23)13-18-3-5-19(6-4-18)27(35)36/h3-8,11,16,22,29H,1,9-10,12-15H2,2H3,(H,35,36). The van der Waals surface area contributed by atoms with Gasteiger partial charge in [0.1, 0.15) is 18.6 Å². The number of imide groups is 1. The molecule has 1 unspecified atom stereocenters. The molecule has 38 heavy (non-hydrogen) atoms. The minimum absolute atomic E-state index is 0.208. The third-order valence-corrected chi connectivity index (χ3v) is 7.07. The third-order valence-electron chi connectivity index (χ3n) is 7.07. The first-order valence-corrected chi connectivity index (χ1v) is 12.3. The van der Waals surface area contributed by atoms with E-state index in [4.69, 9.17) is 4.74 Å². The molecular weight excluding hydrogens is 488 g/mol. The van der Waals surface area contributed by atoms with Crippen LogP contribution in [-0.2, 0) is 22.7 Å². The molecule has 1 saturated heterocycles. The van der Waals surface area contributed by atoms with Gasteiger partial charge in [0.2, 0.25) is 5.91 Å². The van der Waals surface area contributed by atoms with E-state index in [0.717, 1.165) is 34.0 Å². The van der Waals surface area contributed by atoms with Gasteiger partial charge in [0.15, 0.2) is 0 Å². The van der Waals surface area contributed by atoms with Crippen LogP contribution in [0, 0.1) is 0 Å². The number of carbonyl (C=O) groups is 4. The highest BCUT2D eigenvalue weighted by Gasteiger charge is 2.44. The first kappa shape index (κ1) is 25.2. The monoisotopic (exact) mass is 516 g/mol. The molecule has 1 fully saturated rings. The molecule has 2 bridgehead atoms. The van der Waals surface area contributed by atoms with Crippen molar-refractivity contribution in [3.8, 4) is 5.75 Å². The van der Waals surface area contributed by atoms with E-state index in [2.05, 4.69) is 16.5 Å². The summed E-state index contributed by atoms with van der Waals surface area (Å²) in [5.74, 6) is -1.05. The largest absolute Gasteiger partial charge is 0.492 e. The van der Waals surface area contributed by atoms with Crippen molar-refractivity contribution in [3.63, 3.8) is 0 Å². The number of nitrogens with one attached hydrogen (secondary N) is 1. The number of fused-ring (bicyclic) bond motifs is 6. The maximum absolute atomic E-state index is 13.2. The van der Waals surface area contributed by atoms with E-state index in [-0.39, 0.29) is 17.5 Å². The second-order valence-corrected chi connectivity index (χ2v) is 9.54. The molecule has 2 N–H and O–H groups in total. The van der Waals surface area contributed by atoms with Gasteiger partial charge < -0.3 is 24.6 Å². The average Bonchev–Trinajstić information content (AvgIpc) is 3.23. The number of likely N-dealkylation sites (N-methyl/N-ethyl adjacent to an activating group) is 1. The molecule has 0 radical (unpaired) electrons. The second kappa shape index (κ2) is 10.1. The molecule has 0 aliphatic carbocycles. The van der Waals surface area contributed by atoms with Gasteiger partial charge in [-0.3, -0.25) is 14.5 Å². The fourth-order valence-corrected chi connectivity index (χ4v) is 5.15. The van der Waals surface area contributed by atoms with Crippen molar-refractivity contribution in [1.29, 1.82) is 0 Å². The topological polar surface area (TPSA) is 121 Å². The molecule has 10 nitrogen and oxygen atoms in total. The molecule has 3 heterocycles. The van der Waals surface area contributed by atoms with Gasteiger partial charge in [-0.15, -0.1) is 0 Å². The highest BCUT2D eigenvalue weighted by Crippen LogP contribution is 2.41. The number of carboxylic acid groups (broad SMARTS) is 1. The van der Waals surface area contributed by atoms with Crippen molar-refractivity contribution in [2.45, 2.75) is 19.0 Å². The maximum atomic E-state index is 13.2. The number of ether oxygens (including phenoxy) is 1. The summed E-state index contributed by atoms with van der Waals surface area (Å²) in [5.41, 5.74) is 4.26. The van der Waals surface area contributed by atoms with Crippen LogP contribution < -0.4 is 10.1 Å². The molecule has 0 saturated carbocycles. The van der Waals surface area contributed by atoms with Gasteiger partial charge in [0, 0.05) is 49.8 Å². The van der Waals surface area contributed by atoms with Crippen LogP contribution in [0.5, 0.6) is 5.75 Å². The lowest BCUT2D eigenvalue weighted by Gasteiger charge is -2.41. The lowest BCUT2D eigenvalue weighted by Crippen LogP contribution is -2.56. The van der Waals surface area contributed by atoms with E-state index in [1.807, 2.05) is 18.2 Å². The van der Waals surface area contributed by atoms with E-state index < -0.39 is 11.9 Å². The van der Waals surface area contributed by atoms with Gasteiger partial charge in [-0.25, -0.2) is 9.59 Å². The predicted octanol–water partition coefficient (Wildman–Crippen LogP) is 2.60. The molecule has 2 aliphatic rings. The van der Waals surface area contributed by atoms with Gasteiger partial charge in [-0.2, -0.15) is 0 Å². The maximum Gasteiger partial charge on any atom is 0.335 e. The molecule has 196 valence electrons. The Morgan fingerprint density at radius 1 is 1.21 bits per heavy atom. The zero-order valence-corrected chi connectivity index (χ0v) is 21.0. The first-order valence-electron chi connectivity index (χ1n) is 12.3. The summed E-state index contributed by atoms with van der Waals surface area (Å²) >= 11 is 0. The number of hydrogen-bond donors (Lipinski definition) is 2. The van der Waals surface area contributed by atoms with Gasteiger partial charge >= 0.3 is 12.0 Å². The van der Waals surface area contributed by atoms with Crippen molar-refractivity contribution >= 4 is 35.1 Å². The Kier molecular flexibility index (Phi) is 6.73. The van der Waals surface area contributed by atoms with Crippen molar-refractivity contribution in [1.82, 2.24) is 19.7 Å². The number of amides is 3. The molecule has 3 aromatic rings. The molecule has 5 rings (SSSR count). The number of rotatable bonds is 10. The van der Waals surface area contributed by atoms with Crippen molar-refractivity contribution < 1.29 is 29.0 Å². The number of aromatic nitrogens is 1. The first-order chi connectivity index (χ1) is 18.3. The zero-order valence-electron chi connectivity index (χ0n) is 21.0. The number of aromatic carboxylic acids is 1. The Hall–Kier alpha value is -4.44. The van der Waals surface area contributed by atoms with E-state index >= 15 is 0 Å². The van der Waals surface area contributed by atoms with Crippen LogP contribution >= 0.6 is 0 Å². The summed E-state index contributed by atoms with van der Waals surface area (Å²) in [5, 5.41) is 13.2. The van der Waals surface area contributed by atoms with E-state index in [1.54, 1.807) is 29.2 Å². The van der Waals surface area contributed by atoms with Crippen LogP contribution in [0.3, 0.4) is 0 Å². The summed E-state index contributed by atoms with van der Waals surface area (Å²) in [6.07, 6.45) is 0.717. The van der Waals surface area contributed by atoms with Crippen LogP contribution in [0.4, 0.5) is 4.79 Å². The summed E-state index contributed by atoms with van der Waals surface area (Å²) in [6.45, 7) is 6.08. The fraction of sp³-hybridized carbons (Fsp3) is 0.286. The van der Waals surface area contributed by atoms with Crippen LogP contribution in [0.25, 0.3) is 10.9 Å². The molecule has 1 aromatic heterocycles. The minimum Gasteiger partial charge on any atom is -0.492 e. The number of carboxylic acids is 1. The second-order valence-electron chi connectivity index (χ2n) is 9.54. The lowest BCUT2D eigenvalue weighted by molar-refractivity contribution is -0.132. The molecule has 3 amide bonds. The highest BCUT2D eigenvalue weighted by molar-refractivity contribution is 6.04. The Morgan fingerprint density at radius 3 is 2.68 bits per heavy atom. The lowest BCUT2D eigenvalue weighted by atomic mass is 9.89. The quantitative estimate of drug-likeness (QED) is 0.241. The van der Waals surface area contributed by atoms with E-state index in [9.17, 15) is 24.3 Å². The van der Waals surface area contributed by atoms with Gasteiger partial charge in [-0.1, -0.05) is 18.7 Å². The molecular formula is C28H28N4O6. The van der Waals surface area contributed by atoms with Crippen LogP contribution in [-0.4, -0.2) is 77.0 Å². The van der Waals surface area contributed by atoms with Crippen LogP contribution in [0.15, 0.2) is 54.6 Å². The van der Waals surface area contributed by atoms with E-state index in [0.29, 0.717) is 50.7 Å². The number of aldehydes is 1. The Bertz CT molecular complexity index is 1460. The molecule has 0 spiro atoms. The summed E-state index contributed by atoms with van der Waals surface area (Å²) in [7, 11) is 1.51. The Morgan fingerprint density at radius 2 is 1.97 bits per heavy atom. The Labute approximate surface area is 219 Å². The van der Waals surface area contributed by atoms with Crippen molar-refractivity contribution in [2.75, 3.05) is 33.3 Å². The number of carbonyl (C=O) groups excluding carboxylic acids is 3. The Balaban J connectivity index is 1.50. The smallest absolute Gasteiger partial charge is 0.335 e. The summed E-state index contributed by atoms with van der Waals surface area (Å²) < 4.78 is 8.05. The SMILES string of the molecule is C=C(C=O)CNCCOc1ccc2c(c1)c1c(n2Cc2ccc(C(=O)O)cc2)CN2CC1C(=O)N(C)C2=O. The number of urea groups is 1. The van der Waals surface area contributed by atoms with Crippen molar-refractivity contribution in [2.24, 2.45) is 0 Å². The van der Waals surface area contributed by atoms with Gasteiger partial charge in [-0.05, 0) is 47.0 Å². The third kappa shape index (κ3) is 4.54. The molecule has 2 aliphatic heterocycles. The number of benzene rings is 2. The highest BCUT2D eigenvalue weighted by atomic mass is 16.5. The van der Waals surface area contributed by atoms with Gasteiger partial charge in [0.25, 0.3) is 0 Å². The average molecular weight is 517 g/mol. The summed E-state index contributed by atoms with van der Waals surface area (Å²) in [6, 6.07) is 12.1. The molecule has 1 atom stereocenters. The van der Waals surface area contributed by atoms with E-state index in [1.165, 1.54) is 11.9 Å². The molecule has 2 aromatic carbocycles. The van der Waals surface area contributed by atoms with Crippen LogP contribution in [0.1, 0.15) is 33.1 Å². The predicted molar refractivity (Wildman–Crippen MR) is 139 cm³/mol. The minimum atomic E-state index is -0.987. The fourth-order valence-electron chi connectivity index (χ4n) is 5.15. The van der Waals surface area contributed by atoms with Gasteiger partial charge in [0.05, 0.1) is 18.0 Å². The number of hydrogen-bond acceptors (Lipinski definition) is 6. The van der Waals surface area contributed by atoms with Crippen LogP contribution in [0.2, 0.25) is 0 Å². The normalized spacial score (nSPS) is 16.5. The molecule has 10 heteroatoms. The number of nitrogens with zero attached hydrogens (tertiary/aromatic N) is 3. The summed E-state index contributed by atoms with van der Waals surface area (Å²) in [4.78, 5) is 50.7.